The van der Waals surface area contributed by atoms with E-state index in [0.717, 1.165) is 27.0 Å². The molecule has 0 aliphatic carbocycles. The van der Waals surface area contributed by atoms with Crippen LogP contribution in [0.5, 0.6) is 11.5 Å². The van der Waals surface area contributed by atoms with Crippen molar-refractivity contribution in [1.82, 2.24) is 10.2 Å². The molecule has 34 heavy (non-hydrogen) atoms. The molecule has 2 aromatic rings. The molecule has 11 heteroatoms. The highest BCUT2D eigenvalue weighted by molar-refractivity contribution is 9.10. The lowest BCUT2D eigenvalue weighted by molar-refractivity contribution is -0.139. The Hall–Kier alpha value is -2.79. The Morgan fingerprint density at radius 2 is 1.79 bits per heavy atom. The minimum Gasteiger partial charge on any atom is -0.454 e. The number of ether oxygens (including phenoxy) is 2. The van der Waals surface area contributed by atoms with Gasteiger partial charge in [0, 0.05) is 23.6 Å². The zero-order valence-electron chi connectivity index (χ0n) is 19.3. The molecule has 0 saturated carbocycles. The number of amides is 2. The average Bonchev–Trinajstić information content (AvgIpc) is 3.27. The number of carbonyl (C=O) groups excluding carboxylic acids is 2. The fraction of sp³-hybridized carbons (Fsp3) is 0.391. The smallest absolute Gasteiger partial charge is 0.244 e. The number of fused-ring (bicyclic) bond motifs is 1. The highest BCUT2D eigenvalue weighted by atomic mass is 79.9. The normalized spacial score (nSPS) is 13.3. The van der Waals surface area contributed by atoms with E-state index in [-0.39, 0.29) is 24.9 Å². The van der Waals surface area contributed by atoms with Gasteiger partial charge in [0.2, 0.25) is 28.6 Å². The van der Waals surface area contributed by atoms with E-state index in [4.69, 9.17) is 9.47 Å². The van der Waals surface area contributed by atoms with Crippen LogP contribution in [0.3, 0.4) is 0 Å². The first-order chi connectivity index (χ1) is 16.1. The Morgan fingerprint density at radius 1 is 1.12 bits per heavy atom. The first kappa shape index (κ1) is 25.8. The van der Waals surface area contributed by atoms with Gasteiger partial charge in [-0.2, -0.15) is 0 Å². The second kappa shape index (κ2) is 11.1. The molecule has 9 nitrogen and oxygen atoms in total. The Labute approximate surface area is 208 Å². The lowest BCUT2D eigenvalue weighted by Crippen LogP contribution is -2.51. The van der Waals surface area contributed by atoms with Crippen molar-refractivity contribution in [1.29, 1.82) is 0 Å². The quantitative estimate of drug-likeness (QED) is 0.485. The predicted molar refractivity (Wildman–Crippen MR) is 132 cm³/mol. The molecule has 1 atom stereocenters. The minimum absolute atomic E-state index is 0.0436. The second-order valence-electron chi connectivity index (χ2n) is 7.92. The van der Waals surface area contributed by atoms with Gasteiger partial charge < -0.3 is 19.7 Å². The number of hydrogen-bond acceptors (Lipinski definition) is 6. The van der Waals surface area contributed by atoms with Crippen LogP contribution in [0.15, 0.2) is 46.9 Å². The largest absolute Gasteiger partial charge is 0.454 e. The summed E-state index contributed by atoms with van der Waals surface area (Å²) in [6, 6.07) is 11.2. The van der Waals surface area contributed by atoms with Crippen LogP contribution >= 0.6 is 15.9 Å². The van der Waals surface area contributed by atoms with E-state index in [0.29, 0.717) is 18.0 Å². The van der Waals surface area contributed by atoms with E-state index >= 15 is 0 Å². The molecule has 0 radical (unpaired) electrons. The first-order valence-electron chi connectivity index (χ1n) is 10.8. The molecular formula is C23H28BrN3O6S. The van der Waals surface area contributed by atoms with Crippen LogP contribution in [-0.2, 0) is 26.2 Å². The summed E-state index contributed by atoms with van der Waals surface area (Å²) in [6.45, 7) is 3.77. The summed E-state index contributed by atoms with van der Waals surface area (Å²) in [6.07, 6.45) is 1.78. The minimum atomic E-state index is -3.82. The molecule has 3 rings (SSSR count). The number of anilines is 1. The van der Waals surface area contributed by atoms with E-state index in [1.165, 1.54) is 11.0 Å². The van der Waals surface area contributed by atoms with Gasteiger partial charge in [-0.1, -0.05) is 35.0 Å². The van der Waals surface area contributed by atoms with E-state index in [1.807, 2.05) is 31.2 Å². The number of rotatable bonds is 10. The molecule has 0 fully saturated rings. The zero-order chi connectivity index (χ0) is 24.9. The average molecular weight is 554 g/mol. The number of nitrogens with one attached hydrogen (secondary N) is 1. The maximum atomic E-state index is 13.5. The predicted octanol–water partition coefficient (Wildman–Crippen LogP) is 2.89. The summed E-state index contributed by atoms with van der Waals surface area (Å²) in [5, 5.41) is 2.80. The van der Waals surface area contributed by atoms with E-state index in [9.17, 15) is 18.0 Å². The molecule has 1 heterocycles. The van der Waals surface area contributed by atoms with Crippen LogP contribution in [0.1, 0.15) is 25.8 Å². The van der Waals surface area contributed by atoms with Crippen LogP contribution < -0.4 is 19.1 Å². The van der Waals surface area contributed by atoms with E-state index < -0.39 is 28.5 Å². The summed E-state index contributed by atoms with van der Waals surface area (Å²) in [5.41, 5.74) is 1.08. The van der Waals surface area contributed by atoms with Gasteiger partial charge in [-0.3, -0.25) is 13.9 Å². The molecular weight excluding hydrogens is 526 g/mol. The Kier molecular flexibility index (Phi) is 8.42. The third kappa shape index (κ3) is 6.41. The van der Waals surface area contributed by atoms with Crippen molar-refractivity contribution in [3.8, 4) is 11.5 Å². The van der Waals surface area contributed by atoms with Crippen molar-refractivity contribution in [2.45, 2.75) is 32.9 Å². The number of halogens is 1. The van der Waals surface area contributed by atoms with Gasteiger partial charge in [-0.15, -0.1) is 0 Å². The Morgan fingerprint density at radius 3 is 2.44 bits per heavy atom. The van der Waals surface area contributed by atoms with E-state index in [1.54, 1.807) is 19.1 Å². The fourth-order valence-electron chi connectivity index (χ4n) is 3.42. The SMILES string of the molecule is CCCNC(=O)[C@H](C)N(Cc1ccc(Br)cc1)C(=O)CN(c1ccc2c(c1)OCO2)S(C)(=O)=O. The van der Waals surface area contributed by atoms with Gasteiger partial charge in [0.15, 0.2) is 11.5 Å². The number of benzene rings is 2. The van der Waals surface area contributed by atoms with Crippen molar-refractivity contribution >= 4 is 43.5 Å². The van der Waals surface area contributed by atoms with Crippen molar-refractivity contribution < 1.29 is 27.5 Å². The maximum Gasteiger partial charge on any atom is 0.244 e. The zero-order valence-corrected chi connectivity index (χ0v) is 21.7. The summed E-state index contributed by atoms with van der Waals surface area (Å²) >= 11 is 3.39. The van der Waals surface area contributed by atoms with Gasteiger partial charge in [0.05, 0.1) is 11.9 Å². The summed E-state index contributed by atoms with van der Waals surface area (Å²) in [5.74, 6) is 0.0886. The number of carbonyl (C=O) groups is 2. The molecule has 184 valence electrons. The third-order valence-electron chi connectivity index (χ3n) is 5.31. The molecule has 0 saturated heterocycles. The highest BCUT2D eigenvalue weighted by Gasteiger charge is 2.30. The Balaban J connectivity index is 1.89. The van der Waals surface area contributed by atoms with Crippen LogP contribution in [0.4, 0.5) is 5.69 Å². The van der Waals surface area contributed by atoms with Crippen molar-refractivity contribution in [3.63, 3.8) is 0 Å². The molecule has 2 aromatic carbocycles. The van der Waals surface area contributed by atoms with Gasteiger partial charge in [0.25, 0.3) is 0 Å². The summed E-state index contributed by atoms with van der Waals surface area (Å²) in [7, 11) is -3.82. The van der Waals surface area contributed by atoms with E-state index in [2.05, 4.69) is 21.2 Å². The lowest BCUT2D eigenvalue weighted by Gasteiger charge is -2.31. The van der Waals surface area contributed by atoms with Crippen molar-refractivity contribution in [2.24, 2.45) is 0 Å². The number of nitrogens with zero attached hydrogens (tertiary/aromatic N) is 2. The lowest BCUT2D eigenvalue weighted by atomic mass is 10.1. The third-order valence-corrected chi connectivity index (χ3v) is 6.98. The van der Waals surface area contributed by atoms with Crippen LogP contribution in [0.25, 0.3) is 0 Å². The molecule has 1 aliphatic heterocycles. The number of hydrogen-bond donors (Lipinski definition) is 1. The molecule has 0 bridgehead atoms. The topological polar surface area (TPSA) is 105 Å². The van der Waals surface area contributed by atoms with Gasteiger partial charge in [0.1, 0.15) is 12.6 Å². The molecule has 2 amide bonds. The first-order valence-corrected chi connectivity index (χ1v) is 13.4. The number of sulfonamides is 1. The highest BCUT2D eigenvalue weighted by Crippen LogP contribution is 2.36. The molecule has 0 unspecified atom stereocenters. The van der Waals surface area contributed by atoms with Crippen LogP contribution in [0, 0.1) is 0 Å². The summed E-state index contributed by atoms with van der Waals surface area (Å²) in [4.78, 5) is 27.6. The van der Waals surface area contributed by atoms with Gasteiger partial charge in [-0.25, -0.2) is 8.42 Å². The van der Waals surface area contributed by atoms with Crippen molar-refractivity contribution in [3.05, 3.63) is 52.5 Å². The fourth-order valence-corrected chi connectivity index (χ4v) is 4.52. The monoisotopic (exact) mass is 553 g/mol. The summed E-state index contributed by atoms with van der Waals surface area (Å²) < 4.78 is 37.8. The molecule has 1 aliphatic rings. The van der Waals surface area contributed by atoms with Crippen LogP contribution in [0.2, 0.25) is 0 Å². The maximum absolute atomic E-state index is 13.5. The standard InChI is InChI=1S/C23H28BrN3O6S/c1-4-11-25-23(29)16(2)26(13-17-5-7-18(24)8-6-17)22(28)14-27(34(3,30)31)19-9-10-20-21(12-19)33-15-32-20/h5-10,12,16H,4,11,13-15H2,1-3H3,(H,25,29)/t16-/m0/s1. The molecule has 0 aromatic heterocycles. The van der Waals surface area contributed by atoms with Crippen LogP contribution in [-0.4, -0.2) is 57.3 Å². The molecule has 0 spiro atoms. The van der Waals surface area contributed by atoms with Crippen molar-refractivity contribution in [2.75, 3.05) is 30.4 Å². The van der Waals surface area contributed by atoms with Gasteiger partial charge >= 0.3 is 0 Å². The second-order valence-corrected chi connectivity index (χ2v) is 10.7. The Bertz CT molecular complexity index is 1140. The van der Waals surface area contributed by atoms with Gasteiger partial charge in [-0.05, 0) is 43.2 Å². The molecule has 1 N–H and O–H groups in total.